The zero-order valence-electron chi connectivity index (χ0n) is 5.77. The molecule has 0 amide bonds. The van der Waals surface area contributed by atoms with E-state index in [1.165, 1.54) is 0 Å². The maximum atomic E-state index is 5.73. The summed E-state index contributed by atoms with van der Waals surface area (Å²) in [6.07, 6.45) is 0. The van der Waals surface area contributed by atoms with Crippen LogP contribution < -0.4 is 11.5 Å². The molecule has 0 aromatic heterocycles. The first-order valence-corrected chi connectivity index (χ1v) is 4.25. The molecule has 0 radical (unpaired) electrons. The van der Waals surface area contributed by atoms with Crippen LogP contribution in [-0.4, -0.2) is 0 Å². The molecule has 0 fully saturated rings. The number of hydrogen-bond acceptors (Lipinski definition) is 2. The molecule has 0 atom stereocenters. The van der Waals surface area contributed by atoms with Crippen molar-refractivity contribution >= 4 is 33.2 Å². The van der Waals surface area contributed by atoms with Gasteiger partial charge in [0, 0.05) is 27.3 Å². The lowest BCUT2D eigenvalue weighted by molar-refractivity contribution is 1.07. The summed E-state index contributed by atoms with van der Waals surface area (Å²) < 4.78 is 0.866. The van der Waals surface area contributed by atoms with Gasteiger partial charge in [0.1, 0.15) is 0 Å². The SMILES string of the molecule is NCc1c(N)cc(Cl)cc1Br. The smallest absolute Gasteiger partial charge is 0.0437 e. The van der Waals surface area contributed by atoms with Crippen LogP contribution in [0.4, 0.5) is 5.69 Å². The third-order valence-electron chi connectivity index (χ3n) is 1.40. The van der Waals surface area contributed by atoms with Gasteiger partial charge in [-0.25, -0.2) is 0 Å². The van der Waals surface area contributed by atoms with Crippen LogP contribution in [0.25, 0.3) is 0 Å². The number of anilines is 1. The van der Waals surface area contributed by atoms with Crippen LogP contribution in [0.2, 0.25) is 5.02 Å². The van der Waals surface area contributed by atoms with Gasteiger partial charge in [0.2, 0.25) is 0 Å². The van der Waals surface area contributed by atoms with Gasteiger partial charge < -0.3 is 11.5 Å². The Bertz CT molecular complexity index is 252. The third-order valence-corrected chi connectivity index (χ3v) is 2.32. The first-order chi connectivity index (χ1) is 5.15. The molecular weight excluding hydrogens is 227 g/mol. The van der Waals surface area contributed by atoms with Crippen LogP contribution in [-0.2, 0) is 6.54 Å². The van der Waals surface area contributed by atoms with Crippen LogP contribution in [0.3, 0.4) is 0 Å². The summed E-state index contributed by atoms with van der Waals surface area (Å²) in [6, 6.07) is 3.47. The highest BCUT2D eigenvalue weighted by molar-refractivity contribution is 9.10. The van der Waals surface area contributed by atoms with E-state index in [1.54, 1.807) is 12.1 Å². The van der Waals surface area contributed by atoms with E-state index in [0.717, 1.165) is 10.0 Å². The third kappa shape index (κ3) is 1.86. The predicted octanol–water partition coefficient (Wildman–Crippen LogP) is 2.14. The summed E-state index contributed by atoms with van der Waals surface area (Å²) in [4.78, 5) is 0. The van der Waals surface area contributed by atoms with Crippen molar-refractivity contribution in [1.82, 2.24) is 0 Å². The number of benzene rings is 1. The standard InChI is InChI=1S/C7H8BrClN2/c8-6-1-4(9)2-7(11)5(6)3-10/h1-2H,3,10-11H2. The Balaban J connectivity index is 3.25. The van der Waals surface area contributed by atoms with Gasteiger partial charge in [0.15, 0.2) is 0 Å². The van der Waals surface area contributed by atoms with E-state index in [4.69, 9.17) is 23.1 Å². The van der Waals surface area contributed by atoms with Gasteiger partial charge in [0.05, 0.1) is 0 Å². The molecule has 60 valence electrons. The van der Waals surface area contributed by atoms with Crippen molar-refractivity contribution in [3.63, 3.8) is 0 Å². The van der Waals surface area contributed by atoms with E-state index in [9.17, 15) is 0 Å². The molecule has 1 aromatic rings. The molecule has 2 nitrogen and oxygen atoms in total. The largest absolute Gasteiger partial charge is 0.398 e. The van der Waals surface area contributed by atoms with E-state index < -0.39 is 0 Å². The monoisotopic (exact) mass is 234 g/mol. The maximum Gasteiger partial charge on any atom is 0.0437 e. The molecule has 4 N–H and O–H groups in total. The van der Waals surface area contributed by atoms with Crippen molar-refractivity contribution in [3.05, 3.63) is 27.2 Å². The summed E-state index contributed by atoms with van der Waals surface area (Å²) in [5.74, 6) is 0. The predicted molar refractivity (Wildman–Crippen MR) is 51.5 cm³/mol. The fourth-order valence-corrected chi connectivity index (χ4v) is 1.83. The first-order valence-electron chi connectivity index (χ1n) is 3.08. The quantitative estimate of drug-likeness (QED) is 0.733. The van der Waals surface area contributed by atoms with Crippen LogP contribution in [0.5, 0.6) is 0 Å². The number of halogens is 2. The average Bonchev–Trinajstić information content (AvgIpc) is 1.85. The lowest BCUT2D eigenvalue weighted by Crippen LogP contribution is -2.02. The number of hydrogen-bond donors (Lipinski definition) is 2. The lowest BCUT2D eigenvalue weighted by atomic mass is 10.2. The molecule has 0 aliphatic rings. The van der Waals surface area contributed by atoms with Gasteiger partial charge in [-0.15, -0.1) is 0 Å². The van der Waals surface area contributed by atoms with Gasteiger partial charge in [-0.05, 0) is 12.1 Å². The molecule has 1 aromatic carbocycles. The number of nitrogen functional groups attached to an aromatic ring is 1. The number of nitrogens with two attached hydrogens (primary N) is 2. The highest BCUT2D eigenvalue weighted by atomic mass is 79.9. The van der Waals surface area contributed by atoms with E-state index in [0.29, 0.717) is 17.3 Å². The van der Waals surface area contributed by atoms with Gasteiger partial charge in [-0.1, -0.05) is 27.5 Å². The molecule has 0 bridgehead atoms. The summed E-state index contributed by atoms with van der Waals surface area (Å²) >= 11 is 9.04. The van der Waals surface area contributed by atoms with Crippen molar-refractivity contribution in [2.45, 2.75) is 6.54 Å². The molecule has 4 heteroatoms. The van der Waals surface area contributed by atoms with Crippen molar-refractivity contribution in [1.29, 1.82) is 0 Å². The second-order valence-corrected chi connectivity index (χ2v) is 3.45. The average molecular weight is 236 g/mol. The highest BCUT2D eigenvalue weighted by Crippen LogP contribution is 2.26. The van der Waals surface area contributed by atoms with Gasteiger partial charge >= 0.3 is 0 Å². The normalized spacial score (nSPS) is 10.1. The van der Waals surface area contributed by atoms with E-state index >= 15 is 0 Å². The number of rotatable bonds is 1. The molecule has 0 aliphatic heterocycles. The minimum absolute atomic E-state index is 0.420. The minimum Gasteiger partial charge on any atom is -0.398 e. The molecule has 0 aliphatic carbocycles. The summed E-state index contributed by atoms with van der Waals surface area (Å²) in [7, 11) is 0. The van der Waals surface area contributed by atoms with Gasteiger partial charge in [-0.3, -0.25) is 0 Å². The Kier molecular flexibility index (Phi) is 2.76. The van der Waals surface area contributed by atoms with Crippen LogP contribution in [0.1, 0.15) is 5.56 Å². The molecule has 0 saturated carbocycles. The zero-order chi connectivity index (χ0) is 8.43. The fourth-order valence-electron chi connectivity index (χ4n) is 0.839. The molecule has 0 heterocycles. The molecule has 0 spiro atoms. The van der Waals surface area contributed by atoms with E-state index in [-0.39, 0.29) is 0 Å². The molecule has 0 unspecified atom stereocenters. The van der Waals surface area contributed by atoms with E-state index in [1.807, 2.05) is 0 Å². The van der Waals surface area contributed by atoms with Gasteiger partial charge in [-0.2, -0.15) is 0 Å². The summed E-state index contributed by atoms with van der Waals surface area (Å²) in [5, 5.41) is 0.617. The Morgan fingerprint density at radius 3 is 2.55 bits per heavy atom. The van der Waals surface area contributed by atoms with Crippen molar-refractivity contribution < 1.29 is 0 Å². The van der Waals surface area contributed by atoms with Crippen LogP contribution in [0.15, 0.2) is 16.6 Å². The summed E-state index contributed by atoms with van der Waals surface area (Å²) in [5.41, 5.74) is 12.6. The summed E-state index contributed by atoms with van der Waals surface area (Å²) in [6.45, 7) is 0.420. The molecule has 1 rings (SSSR count). The van der Waals surface area contributed by atoms with Crippen LogP contribution in [0, 0.1) is 0 Å². The fraction of sp³-hybridized carbons (Fsp3) is 0.143. The Labute approximate surface area is 78.6 Å². The Morgan fingerprint density at radius 1 is 1.45 bits per heavy atom. The molecule has 0 saturated heterocycles. The maximum absolute atomic E-state index is 5.73. The molecule has 11 heavy (non-hydrogen) atoms. The zero-order valence-corrected chi connectivity index (χ0v) is 8.11. The highest BCUT2D eigenvalue weighted by Gasteiger charge is 2.03. The first kappa shape index (κ1) is 8.84. The van der Waals surface area contributed by atoms with Crippen molar-refractivity contribution in [3.8, 4) is 0 Å². The van der Waals surface area contributed by atoms with Crippen molar-refractivity contribution in [2.24, 2.45) is 5.73 Å². The molecular formula is C7H8BrClN2. The minimum atomic E-state index is 0.420. The van der Waals surface area contributed by atoms with E-state index in [2.05, 4.69) is 15.9 Å². The second kappa shape index (κ2) is 3.43. The topological polar surface area (TPSA) is 52.0 Å². The Hall–Kier alpha value is -0.250. The second-order valence-electron chi connectivity index (χ2n) is 2.16. The lowest BCUT2D eigenvalue weighted by Gasteiger charge is -2.05. The Morgan fingerprint density at radius 2 is 2.09 bits per heavy atom. The van der Waals surface area contributed by atoms with Gasteiger partial charge in [0.25, 0.3) is 0 Å². The van der Waals surface area contributed by atoms with Crippen LogP contribution >= 0.6 is 27.5 Å². The van der Waals surface area contributed by atoms with Crippen molar-refractivity contribution in [2.75, 3.05) is 5.73 Å².